The van der Waals surface area contributed by atoms with Crippen LogP contribution in [0.4, 0.5) is 5.13 Å². The van der Waals surface area contributed by atoms with E-state index >= 15 is 0 Å². The Labute approximate surface area is 242 Å². The van der Waals surface area contributed by atoms with Gasteiger partial charge in [0.1, 0.15) is 29.9 Å². The van der Waals surface area contributed by atoms with Gasteiger partial charge in [-0.05, 0) is 5.57 Å². The number of hydrogen-bond donors (Lipinski definition) is 4. The zero-order chi connectivity index (χ0) is 26.1. The molecule has 2 aliphatic rings. The van der Waals surface area contributed by atoms with E-state index in [9.17, 15) is 29.1 Å². The zero-order valence-electron chi connectivity index (χ0n) is 19.6. The number of carbonyl (C=O) groups excluding carboxylic acids is 2. The van der Waals surface area contributed by atoms with E-state index in [0.29, 0.717) is 5.57 Å². The first-order valence-electron chi connectivity index (χ1n) is 9.96. The van der Waals surface area contributed by atoms with Gasteiger partial charge in [0.2, 0.25) is 0 Å². The number of β-lactam (4-membered cyclic amide) rings is 1. The molecule has 1 radical (unpaired) electrons. The minimum atomic E-state index is -1.31. The summed E-state index contributed by atoms with van der Waals surface area (Å²) >= 11 is 3.41. The second kappa shape index (κ2) is 11.8. The van der Waals surface area contributed by atoms with Crippen LogP contribution in [-0.4, -0.2) is 113 Å². The number of oxime groups is 1. The van der Waals surface area contributed by atoms with Crippen LogP contribution in [-0.2, 0) is 26.3 Å². The summed E-state index contributed by atoms with van der Waals surface area (Å²) in [7, 11) is 2.74. The Morgan fingerprint density at radius 1 is 1.38 bits per heavy atom. The zero-order valence-corrected chi connectivity index (χ0v) is 24.0. The maximum atomic E-state index is 12.9. The summed E-state index contributed by atoms with van der Waals surface area (Å²) in [6.45, 7) is 0. The Bertz CT molecular complexity index is 1430. The first-order valence-corrected chi connectivity index (χ1v) is 12.9. The van der Waals surface area contributed by atoms with E-state index in [2.05, 4.69) is 25.5 Å². The number of carbonyl (C=O) groups is 3. The number of H-pyrrole nitrogens is 1. The van der Waals surface area contributed by atoms with Crippen LogP contribution >= 0.6 is 34.9 Å². The first kappa shape index (κ1) is 28.9. The number of rotatable bonds is 8. The fourth-order valence-electron chi connectivity index (χ4n) is 3.44. The Balaban J connectivity index is 0.00000380. The fraction of sp³-hybridized carbons (Fsp3) is 0.333. The number of carboxylic acid groups (broad SMARTS) is 1. The molecule has 4 rings (SSSR count). The van der Waals surface area contributed by atoms with Crippen LogP contribution in [0.25, 0.3) is 0 Å². The second-order valence-corrected chi connectivity index (χ2v) is 10.2. The summed E-state index contributed by atoms with van der Waals surface area (Å²) in [5.41, 5.74) is 4.00. The molecule has 2 atom stereocenters. The van der Waals surface area contributed by atoms with Gasteiger partial charge in [-0.1, -0.05) is 16.9 Å². The third-order valence-electron chi connectivity index (χ3n) is 5.02. The van der Waals surface area contributed by atoms with Gasteiger partial charge < -0.3 is 21.0 Å². The minimum absolute atomic E-state index is 0. The first-order chi connectivity index (χ1) is 17.1. The summed E-state index contributed by atoms with van der Waals surface area (Å²) in [5.74, 6) is -2.30. The molecule has 2 aliphatic heterocycles. The van der Waals surface area contributed by atoms with Gasteiger partial charge in [0.15, 0.2) is 16.0 Å². The third kappa shape index (κ3) is 5.78. The molecule has 0 aromatic carbocycles. The van der Waals surface area contributed by atoms with E-state index in [-0.39, 0.29) is 68.5 Å². The monoisotopic (exact) mass is 577 g/mol. The number of fused-ring (bicyclic) bond motifs is 1. The molecular weight excluding hydrogens is 559 g/mol. The summed E-state index contributed by atoms with van der Waals surface area (Å²) in [5, 5.41) is 19.6. The number of aryl methyl sites for hydroxylation is 1. The quantitative estimate of drug-likeness (QED) is 0.0670. The molecule has 191 valence electrons. The van der Waals surface area contributed by atoms with Crippen molar-refractivity contribution in [2.45, 2.75) is 16.6 Å². The molecule has 0 bridgehead atoms. The number of aromatic amines is 1. The molecule has 0 saturated carbocycles. The molecule has 1 saturated heterocycles. The Hall–Kier alpha value is -2.64. The predicted molar refractivity (Wildman–Crippen MR) is 136 cm³/mol. The van der Waals surface area contributed by atoms with Crippen LogP contribution in [0.5, 0.6) is 0 Å². The molecule has 2 aromatic rings. The molecule has 5 N–H and O–H groups in total. The van der Waals surface area contributed by atoms with Crippen LogP contribution in [0.3, 0.4) is 0 Å². The number of thioether (sulfide) groups is 2. The van der Waals surface area contributed by atoms with Crippen LogP contribution < -0.4 is 22.2 Å². The normalized spacial score (nSPS) is 19.0. The molecule has 0 spiro atoms. The number of amides is 2. The number of nitrogen functional groups attached to an aromatic ring is 1. The number of nitrogens with two attached hydrogens (primary N) is 1. The molecular formula is C18H18N8NaO7S3. The van der Waals surface area contributed by atoms with E-state index in [4.69, 9.17) is 10.6 Å². The SMILES string of the molecule is CO/N=C(/C(=O)N[C@@H]1C(=O)N2C(C(=O)O)=C(CSc3nc(=O)c(=O)[nH]n3C)CS[C@H]12)c1csc(N)n1.[Na]. The van der Waals surface area contributed by atoms with Gasteiger partial charge in [0, 0.05) is 53.5 Å². The predicted octanol–water partition coefficient (Wildman–Crippen LogP) is -1.99. The number of aromatic nitrogens is 4. The van der Waals surface area contributed by atoms with Gasteiger partial charge in [0.25, 0.3) is 11.8 Å². The summed E-state index contributed by atoms with van der Waals surface area (Å²) < 4.78 is 1.25. The van der Waals surface area contributed by atoms with Crippen molar-refractivity contribution in [3.8, 4) is 0 Å². The van der Waals surface area contributed by atoms with Crippen molar-refractivity contribution in [3.05, 3.63) is 43.1 Å². The molecule has 2 amide bonds. The van der Waals surface area contributed by atoms with Crippen molar-refractivity contribution in [3.63, 3.8) is 0 Å². The average Bonchev–Trinajstić information content (AvgIpc) is 3.27. The molecule has 0 aliphatic carbocycles. The third-order valence-corrected chi connectivity index (χ3v) is 8.15. The van der Waals surface area contributed by atoms with Crippen molar-refractivity contribution >= 4 is 93.0 Å². The van der Waals surface area contributed by atoms with Gasteiger partial charge in [-0.15, -0.1) is 23.1 Å². The topological polar surface area (TPSA) is 215 Å². The van der Waals surface area contributed by atoms with Gasteiger partial charge in [-0.25, -0.2) is 9.78 Å². The van der Waals surface area contributed by atoms with Crippen LogP contribution in [0.2, 0.25) is 0 Å². The Kier molecular flexibility index (Phi) is 9.24. The minimum Gasteiger partial charge on any atom is -0.477 e. The average molecular weight is 578 g/mol. The molecule has 15 nitrogen and oxygen atoms in total. The van der Waals surface area contributed by atoms with E-state index in [1.807, 2.05) is 0 Å². The standard InChI is InChI=1S/C18H18N8O7S3.Na/c1-25-18(22-12(28)13(29)23-25)36-4-6-3-34-15-9(14(30)26(15)10(6)16(31)32)21-11(27)8(24-33-2)7-5-35-17(19)20-7;/h5,9,15H,3-4H2,1-2H3,(H2,19,20)(H,21,27)(H,23,29)(H,31,32);/b24-8+;/t9-,15-;/m1./s1. The maximum Gasteiger partial charge on any atom is 0.352 e. The van der Waals surface area contributed by atoms with Gasteiger partial charge >= 0.3 is 17.1 Å². The maximum absolute atomic E-state index is 12.9. The summed E-state index contributed by atoms with van der Waals surface area (Å²) in [6, 6.07) is -0.995. The van der Waals surface area contributed by atoms with Gasteiger partial charge in [-0.2, -0.15) is 4.98 Å². The van der Waals surface area contributed by atoms with Crippen molar-refractivity contribution in [2.24, 2.45) is 12.2 Å². The molecule has 37 heavy (non-hydrogen) atoms. The fourth-order valence-corrected chi connectivity index (χ4v) is 6.39. The van der Waals surface area contributed by atoms with Crippen LogP contribution in [0.15, 0.2) is 36.6 Å². The summed E-state index contributed by atoms with van der Waals surface area (Å²) in [6.07, 6.45) is 0. The van der Waals surface area contributed by atoms with E-state index in [0.717, 1.165) is 28.0 Å². The van der Waals surface area contributed by atoms with Gasteiger partial charge in [-0.3, -0.25) is 33.9 Å². The van der Waals surface area contributed by atoms with Crippen molar-refractivity contribution in [1.29, 1.82) is 0 Å². The number of carboxylic acids is 1. The number of nitrogens with one attached hydrogen (secondary N) is 2. The van der Waals surface area contributed by atoms with Crippen molar-refractivity contribution < 1.29 is 24.3 Å². The molecule has 4 heterocycles. The molecule has 19 heteroatoms. The van der Waals surface area contributed by atoms with E-state index in [1.165, 1.54) is 36.0 Å². The Morgan fingerprint density at radius 3 is 2.73 bits per heavy atom. The van der Waals surface area contributed by atoms with E-state index < -0.39 is 40.3 Å². The van der Waals surface area contributed by atoms with E-state index in [1.54, 1.807) is 0 Å². The number of hydrogen-bond acceptors (Lipinski definition) is 13. The van der Waals surface area contributed by atoms with Gasteiger partial charge in [0.05, 0.1) is 0 Å². The van der Waals surface area contributed by atoms with Crippen molar-refractivity contribution in [1.82, 2.24) is 30.0 Å². The number of nitrogens with zero attached hydrogens (tertiary/aromatic N) is 5. The van der Waals surface area contributed by atoms with Crippen LogP contribution in [0.1, 0.15) is 5.69 Å². The number of anilines is 1. The largest absolute Gasteiger partial charge is 0.477 e. The van der Waals surface area contributed by atoms with Crippen molar-refractivity contribution in [2.75, 3.05) is 24.3 Å². The number of aliphatic carboxylic acids is 1. The number of thiazole rings is 1. The second-order valence-electron chi connectivity index (χ2n) is 7.30. The summed E-state index contributed by atoms with van der Waals surface area (Å²) in [4.78, 5) is 74.3. The Morgan fingerprint density at radius 2 is 2.11 bits per heavy atom. The molecule has 1 fully saturated rings. The molecule has 0 unspecified atom stereocenters. The smallest absolute Gasteiger partial charge is 0.352 e. The molecule has 2 aromatic heterocycles. The van der Waals surface area contributed by atoms with Crippen LogP contribution in [0, 0.1) is 0 Å².